The summed E-state index contributed by atoms with van der Waals surface area (Å²) in [5.41, 5.74) is 0.859. The largest absolute Gasteiger partial charge is 0.465 e. The van der Waals surface area contributed by atoms with Gasteiger partial charge in [0.05, 0.1) is 12.4 Å². The van der Waals surface area contributed by atoms with E-state index >= 15 is 0 Å². The molecule has 0 bridgehead atoms. The van der Waals surface area contributed by atoms with Gasteiger partial charge < -0.3 is 4.74 Å². The van der Waals surface area contributed by atoms with E-state index in [2.05, 4.69) is 15.5 Å². The molecule has 2 aromatic rings. The highest BCUT2D eigenvalue weighted by Gasteiger charge is 2.09. The molecule has 9 heteroatoms. The van der Waals surface area contributed by atoms with Crippen molar-refractivity contribution in [3.63, 3.8) is 0 Å². The summed E-state index contributed by atoms with van der Waals surface area (Å²) in [5.74, 6) is -0.468. The number of hydrogen-bond acceptors (Lipinski definition) is 7. The highest BCUT2D eigenvalue weighted by molar-refractivity contribution is 8.01. The molecule has 0 atom stereocenters. The van der Waals surface area contributed by atoms with E-state index in [1.165, 1.54) is 29.2 Å². The number of anilines is 1. The zero-order valence-electron chi connectivity index (χ0n) is 12.7. The van der Waals surface area contributed by atoms with Crippen molar-refractivity contribution < 1.29 is 14.3 Å². The van der Waals surface area contributed by atoms with Gasteiger partial charge in [0, 0.05) is 11.1 Å². The first-order valence-corrected chi connectivity index (χ1v) is 9.11. The summed E-state index contributed by atoms with van der Waals surface area (Å²) in [6.45, 7) is 2.09. The molecule has 1 aromatic heterocycles. The van der Waals surface area contributed by atoms with Crippen LogP contribution in [0.4, 0.5) is 5.13 Å². The molecular formula is C15H14ClN3O3S2. The Morgan fingerprint density at radius 1 is 1.33 bits per heavy atom. The van der Waals surface area contributed by atoms with E-state index in [-0.39, 0.29) is 17.6 Å². The highest BCUT2D eigenvalue weighted by atomic mass is 35.5. The van der Waals surface area contributed by atoms with E-state index in [0.717, 1.165) is 5.56 Å². The van der Waals surface area contributed by atoms with Crippen molar-refractivity contribution >= 4 is 57.8 Å². The molecule has 0 fully saturated rings. The molecule has 0 aliphatic rings. The predicted molar refractivity (Wildman–Crippen MR) is 96.4 cm³/mol. The van der Waals surface area contributed by atoms with E-state index in [4.69, 9.17) is 16.3 Å². The number of halogens is 1. The number of benzene rings is 1. The van der Waals surface area contributed by atoms with Crippen molar-refractivity contribution in [2.45, 2.75) is 11.3 Å². The first-order chi connectivity index (χ1) is 11.6. The summed E-state index contributed by atoms with van der Waals surface area (Å²) < 4.78 is 5.41. The molecule has 1 amide bonds. The zero-order valence-corrected chi connectivity index (χ0v) is 15.1. The number of ether oxygens (including phenoxy) is 1. The van der Waals surface area contributed by atoms with Crippen LogP contribution in [-0.2, 0) is 14.3 Å². The minimum atomic E-state index is -0.317. The van der Waals surface area contributed by atoms with Crippen LogP contribution in [-0.4, -0.2) is 34.4 Å². The van der Waals surface area contributed by atoms with Crippen LogP contribution in [0.25, 0.3) is 6.08 Å². The molecule has 2 rings (SSSR count). The van der Waals surface area contributed by atoms with Gasteiger partial charge in [-0.1, -0.05) is 46.8 Å². The van der Waals surface area contributed by atoms with Crippen molar-refractivity contribution in [3.05, 3.63) is 40.9 Å². The lowest BCUT2D eigenvalue weighted by atomic mass is 10.2. The van der Waals surface area contributed by atoms with Crippen molar-refractivity contribution in [1.82, 2.24) is 10.2 Å². The number of nitrogens with zero attached hydrogens (tertiary/aromatic N) is 2. The Hall–Kier alpha value is -1.90. The zero-order chi connectivity index (χ0) is 17.4. The number of carbonyl (C=O) groups excluding carboxylic acids is 2. The molecule has 1 aromatic carbocycles. The summed E-state index contributed by atoms with van der Waals surface area (Å²) in [7, 11) is 0. The Kier molecular flexibility index (Phi) is 7.23. The normalized spacial score (nSPS) is 10.8. The number of hydrogen-bond donors (Lipinski definition) is 1. The van der Waals surface area contributed by atoms with Gasteiger partial charge in [0.15, 0.2) is 4.34 Å². The van der Waals surface area contributed by atoms with Crippen LogP contribution in [0.2, 0.25) is 5.02 Å². The maximum Gasteiger partial charge on any atom is 0.316 e. The summed E-state index contributed by atoms with van der Waals surface area (Å²) in [6.07, 6.45) is 3.07. The lowest BCUT2D eigenvalue weighted by molar-refractivity contribution is -0.139. The third-order valence-corrected chi connectivity index (χ3v) is 4.75. The van der Waals surface area contributed by atoms with Gasteiger partial charge in [0.25, 0.3) is 0 Å². The molecule has 6 nitrogen and oxygen atoms in total. The van der Waals surface area contributed by atoms with Crippen molar-refractivity contribution in [2.75, 3.05) is 17.7 Å². The minimum absolute atomic E-state index is 0.160. The van der Waals surface area contributed by atoms with Crippen molar-refractivity contribution in [1.29, 1.82) is 0 Å². The molecule has 0 spiro atoms. The van der Waals surface area contributed by atoms with Crippen LogP contribution in [0.3, 0.4) is 0 Å². The minimum Gasteiger partial charge on any atom is -0.465 e. The Morgan fingerprint density at radius 2 is 2.08 bits per heavy atom. The van der Waals surface area contributed by atoms with E-state index in [1.807, 2.05) is 0 Å². The van der Waals surface area contributed by atoms with Crippen LogP contribution in [0, 0.1) is 0 Å². The first-order valence-electron chi connectivity index (χ1n) is 6.93. The number of esters is 1. The van der Waals surface area contributed by atoms with Gasteiger partial charge in [-0.3, -0.25) is 14.9 Å². The summed E-state index contributed by atoms with van der Waals surface area (Å²) >= 11 is 8.21. The Labute approximate surface area is 152 Å². The van der Waals surface area contributed by atoms with Crippen molar-refractivity contribution in [2.24, 2.45) is 0 Å². The second kappa shape index (κ2) is 9.41. The fraction of sp³-hybridized carbons (Fsp3) is 0.200. The van der Waals surface area contributed by atoms with Gasteiger partial charge in [-0.05, 0) is 30.7 Å². The molecule has 0 aliphatic carbocycles. The highest BCUT2D eigenvalue weighted by Crippen LogP contribution is 2.25. The van der Waals surface area contributed by atoms with Gasteiger partial charge in [0.1, 0.15) is 0 Å². The average molecular weight is 384 g/mol. The number of rotatable bonds is 7. The summed E-state index contributed by atoms with van der Waals surface area (Å²) in [5, 5.41) is 11.4. The molecule has 126 valence electrons. The Morgan fingerprint density at radius 3 is 2.79 bits per heavy atom. The summed E-state index contributed by atoms with van der Waals surface area (Å²) in [6, 6.07) is 7.11. The fourth-order valence-corrected chi connectivity index (χ4v) is 3.21. The van der Waals surface area contributed by atoms with Gasteiger partial charge in [-0.15, -0.1) is 10.2 Å². The number of thioether (sulfide) groups is 1. The average Bonchev–Trinajstić information content (AvgIpc) is 3.00. The number of amides is 1. The van der Waals surface area contributed by atoms with E-state index in [9.17, 15) is 9.59 Å². The van der Waals surface area contributed by atoms with Gasteiger partial charge >= 0.3 is 5.97 Å². The fourth-order valence-electron chi connectivity index (χ4n) is 1.53. The molecule has 0 aliphatic heterocycles. The van der Waals surface area contributed by atoms with Crippen molar-refractivity contribution in [3.8, 4) is 0 Å². The number of nitrogens with one attached hydrogen (secondary N) is 1. The maximum absolute atomic E-state index is 11.8. The summed E-state index contributed by atoms with van der Waals surface area (Å²) in [4.78, 5) is 23.1. The second-order valence-corrected chi connectivity index (χ2v) is 6.98. The van der Waals surface area contributed by atoms with Gasteiger partial charge in [-0.25, -0.2) is 0 Å². The molecule has 24 heavy (non-hydrogen) atoms. The molecule has 0 saturated carbocycles. The van der Waals surface area contributed by atoms with Crippen LogP contribution >= 0.6 is 34.7 Å². The first kappa shape index (κ1) is 18.4. The molecule has 0 radical (unpaired) electrons. The monoisotopic (exact) mass is 383 g/mol. The standard InChI is InChI=1S/C15H14ClN3O3S2/c1-2-22-13(21)9-23-15-19-18-14(24-15)17-12(20)8-5-10-3-6-11(16)7-4-10/h3-8H,2,9H2,1H3,(H,17,18,20)/b8-5+. The Bertz CT molecular complexity index is 732. The van der Waals surface area contributed by atoms with Gasteiger partial charge in [0.2, 0.25) is 11.0 Å². The molecule has 1 heterocycles. The smallest absolute Gasteiger partial charge is 0.316 e. The molecule has 0 unspecified atom stereocenters. The predicted octanol–water partition coefficient (Wildman–Crippen LogP) is 3.50. The van der Waals surface area contributed by atoms with Crippen LogP contribution in [0.5, 0.6) is 0 Å². The molecule has 1 N–H and O–H groups in total. The van der Waals surface area contributed by atoms with Crippen LogP contribution in [0.15, 0.2) is 34.7 Å². The molecule has 0 saturated heterocycles. The van der Waals surface area contributed by atoms with Crippen LogP contribution in [0.1, 0.15) is 12.5 Å². The quantitative estimate of drug-likeness (QED) is 0.341. The Balaban J connectivity index is 1.83. The SMILES string of the molecule is CCOC(=O)CSc1nnc(NC(=O)/C=C/c2ccc(Cl)cc2)s1. The second-order valence-electron chi connectivity index (χ2n) is 4.34. The van der Waals surface area contributed by atoms with E-state index < -0.39 is 0 Å². The van der Waals surface area contributed by atoms with E-state index in [0.29, 0.717) is 21.1 Å². The van der Waals surface area contributed by atoms with Gasteiger partial charge in [-0.2, -0.15) is 0 Å². The number of aromatic nitrogens is 2. The van der Waals surface area contributed by atoms with E-state index in [1.54, 1.807) is 37.3 Å². The topological polar surface area (TPSA) is 81.2 Å². The third-order valence-electron chi connectivity index (χ3n) is 2.55. The number of carbonyl (C=O) groups is 2. The lowest BCUT2D eigenvalue weighted by Gasteiger charge is -1.98. The third kappa shape index (κ3) is 6.31. The molecular weight excluding hydrogens is 370 g/mol. The maximum atomic E-state index is 11.8. The lowest BCUT2D eigenvalue weighted by Crippen LogP contribution is -2.07. The van der Waals surface area contributed by atoms with Crippen LogP contribution < -0.4 is 5.32 Å².